The zero-order chi connectivity index (χ0) is 15.8. The van der Waals surface area contributed by atoms with E-state index in [0.717, 1.165) is 29.5 Å². The zero-order valence-electron chi connectivity index (χ0n) is 12.2. The van der Waals surface area contributed by atoms with Crippen molar-refractivity contribution in [1.82, 2.24) is 10.3 Å². The van der Waals surface area contributed by atoms with Gasteiger partial charge in [0.15, 0.2) is 0 Å². The van der Waals surface area contributed by atoms with Crippen LogP contribution in [0.15, 0.2) is 42.6 Å². The number of aromatic nitrogens is 1. The number of nitrogens with one attached hydrogen (secondary N) is 1. The molecule has 0 spiro atoms. The molecule has 0 radical (unpaired) electrons. The Balaban J connectivity index is 2.04. The van der Waals surface area contributed by atoms with E-state index in [4.69, 9.17) is 0 Å². The number of benzene rings is 1. The third-order valence-corrected chi connectivity index (χ3v) is 3.99. The number of rotatable bonds is 1. The summed E-state index contributed by atoms with van der Waals surface area (Å²) in [6, 6.07) is 9.89. The molecule has 110 valence electrons. The van der Waals surface area contributed by atoms with Crippen molar-refractivity contribution in [3.05, 3.63) is 59.4 Å². The maximum absolute atomic E-state index is 12.1. The number of aryl methyl sites for hydroxylation is 1. The van der Waals surface area contributed by atoms with Gasteiger partial charge in [-0.15, -0.1) is 0 Å². The Morgan fingerprint density at radius 2 is 2.00 bits per heavy atom. The Kier molecular flexibility index (Phi) is 3.06. The molecule has 23 heavy (non-hydrogen) atoms. The molecule has 0 saturated heterocycles. The maximum Gasteiger partial charge on any atom is 0.260 e. The van der Waals surface area contributed by atoms with Crippen molar-refractivity contribution in [3.63, 3.8) is 0 Å². The number of hydrogen-bond donors (Lipinski definition) is 1. The van der Waals surface area contributed by atoms with Gasteiger partial charge in [-0.3, -0.25) is 19.9 Å². The summed E-state index contributed by atoms with van der Waals surface area (Å²) in [7, 11) is 0. The first-order valence-electron chi connectivity index (χ1n) is 7.37. The molecule has 1 N–H and O–H groups in total. The van der Waals surface area contributed by atoms with Crippen molar-refractivity contribution < 1.29 is 9.59 Å². The molecule has 2 aromatic rings. The van der Waals surface area contributed by atoms with Crippen molar-refractivity contribution in [2.75, 3.05) is 0 Å². The average Bonchev–Trinajstić information content (AvgIpc) is 2.87. The lowest BCUT2D eigenvalue weighted by molar-refractivity contribution is -0.123. The highest BCUT2D eigenvalue weighted by Crippen LogP contribution is 2.35. The molecule has 0 fully saturated rings. The fourth-order valence-electron chi connectivity index (χ4n) is 2.97. The first-order chi connectivity index (χ1) is 11.2. The third kappa shape index (κ3) is 2.23. The van der Waals surface area contributed by atoms with Crippen LogP contribution in [-0.4, -0.2) is 16.8 Å². The number of hydrogen-bond acceptors (Lipinski definition) is 3. The predicted octanol–water partition coefficient (Wildman–Crippen LogP) is 2.09. The van der Waals surface area contributed by atoms with E-state index in [9.17, 15) is 9.59 Å². The van der Waals surface area contributed by atoms with Crippen LogP contribution in [0, 0.1) is 11.8 Å². The summed E-state index contributed by atoms with van der Waals surface area (Å²) >= 11 is 0. The number of fused-ring (bicyclic) bond motifs is 3. The monoisotopic (exact) mass is 300 g/mol. The van der Waals surface area contributed by atoms with E-state index in [2.05, 4.69) is 28.2 Å². The third-order valence-electron chi connectivity index (χ3n) is 3.99. The average molecular weight is 300 g/mol. The summed E-state index contributed by atoms with van der Waals surface area (Å²) < 4.78 is 0. The summed E-state index contributed by atoms with van der Waals surface area (Å²) in [5.74, 6) is 5.50. The van der Waals surface area contributed by atoms with Crippen molar-refractivity contribution in [3.8, 4) is 23.0 Å². The number of nitrogens with zero attached hydrogens (tertiary/aromatic N) is 1. The Bertz CT molecular complexity index is 945. The number of carbonyl (C=O) groups excluding carboxylic acids is 2. The Morgan fingerprint density at radius 3 is 2.83 bits per heavy atom. The quantitative estimate of drug-likeness (QED) is 0.648. The van der Waals surface area contributed by atoms with Crippen LogP contribution in [0.3, 0.4) is 0 Å². The van der Waals surface area contributed by atoms with Gasteiger partial charge in [-0.25, -0.2) is 0 Å². The number of carbonyl (C=O) groups is 2. The second-order valence-corrected chi connectivity index (χ2v) is 5.42. The van der Waals surface area contributed by atoms with E-state index < -0.39 is 11.8 Å². The molecule has 1 aromatic heterocycles. The normalized spacial score (nSPS) is 15.4. The van der Waals surface area contributed by atoms with E-state index in [1.165, 1.54) is 11.6 Å². The van der Waals surface area contributed by atoms with E-state index in [-0.39, 0.29) is 0 Å². The van der Waals surface area contributed by atoms with Crippen LogP contribution < -0.4 is 5.32 Å². The van der Waals surface area contributed by atoms with E-state index in [0.29, 0.717) is 11.3 Å². The number of imide groups is 1. The van der Waals surface area contributed by atoms with Gasteiger partial charge in [0.05, 0.1) is 11.3 Å². The molecule has 4 rings (SSSR count). The second kappa shape index (κ2) is 5.22. The van der Waals surface area contributed by atoms with Gasteiger partial charge >= 0.3 is 0 Å². The SMILES string of the molecule is O=C1C=C(c2nccc3c2-c2ccccc2CCC#C3)C(=O)N1. The molecular formula is C19H12N2O2. The standard InChI is InChI=1S/C19H12N2O2/c22-16-11-15(19(23)21-16)18-17-13(9-10-20-18)7-2-1-5-12-6-3-4-8-14(12)17/h3-4,6,8-11H,1,5H2,(H,21,22,23). The molecule has 1 aliphatic carbocycles. The van der Waals surface area contributed by atoms with Crippen LogP contribution in [0.1, 0.15) is 23.2 Å². The highest BCUT2D eigenvalue weighted by atomic mass is 16.2. The van der Waals surface area contributed by atoms with Gasteiger partial charge in [0.2, 0.25) is 0 Å². The molecule has 0 bridgehead atoms. The fraction of sp³-hybridized carbons (Fsp3) is 0.105. The largest absolute Gasteiger partial charge is 0.289 e. The zero-order valence-corrected chi connectivity index (χ0v) is 12.2. The summed E-state index contributed by atoms with van der Waals surface area (Å²) in [4.78, 5) is 28.0. The first-order valence-corrected chi connectivity index (χ1v) is 7.37. The molecule has 2 heterocycles. The lowest BCUT2D eigenvalue weighted by Crippen LogP contribution is -2.22. The minimum absolute atomic E-state index is 0.295. The lowest BCUT2D eigenvalue weighted by atomic mass is 9.89. The smallest absolute Gasteiger partial charge is 0.260 e. The van der Waals surface area contributed by atoms with Crippen molar-refractivity contribution in [2.24, 2.45) is 0 Å². The highest BCUT2D eigenvalue weighted by molar-refractivity contribution is 6.34. The maximum atomic E-state index is 12.1. The van der Waals surface area contributed by atoms with Crippen LogP contribution in [0.5, 0.6) is 0 Å². The van der Waals surface area contributed by atoms with Crippen molar-refractivity contribution in [2.45, 2.75) is 12.8 Å². The molecular weight excluding hydrogens is 288 g/mol. The van der Waals surface area contributed by atoms with E-state index >= 15 is 0 Å². The highest BCUT2D eigenvalue weighted by Gasteiger charge is 2.27. The van der Waals surface area contributed by atoms with E-state index in [1.807, 2.05) is 24.3 Å². The van der Waals surface area contributed by atoms with Gasteiger partial charge < -0.3 is 0 Å². The summed E-state index contributed by atoms with van der Waals surface area (Å²) in [6.45, 7) is 0. The summed E-state index contributed by atoms with van der Waals surface area (Å²) in [6.07, 6.45) is 4.57. The van der Waals surface area contributed by atoms with Gasteiger partial charge in [-0.1, -0.05) is 36.1 Å². The van der Waals surface area contributed by atoms with Gasteiger partial charge in [0.1, 0.15) is 0 Å². The van der Waals surface area contributed by atoms with Crippen molar-refractivity contribution >= 4 is 17.4 Å². The minimum atomic E-state index is -0.414. The van der Waals surface area contributed by atoms with Crippen LogP contribution in [0.2, 0.25) is 0 Å². The first kappa shape index (κ1) is 13.5. The molecule has 2 aliphatic rings. The van der Waals surface area contributed by atoms with Gasteiger partial charge in [0, 0.05) is 29.8 Å². The summed E-state index contributed by atoms with van der Waals surface area (Å²) in [5, 5.41) is 2.28. The molecule has 0 unspecified atom stereocenters. The Labute approximate surface area is 133 Å². The van der Waals surface area contributed by atoms with E-state index in [1.54, 1.807) is 6.20 Å². The number of amides is 2. The molecule has 4 heteroatoms. The van der Waals surface area contributed by atoms with Crippen molar-refractivity contribution in [1.29, 1.82) is 0 Å². The minimum Gasteiger partial charge on any atom is -0.289 e. The summed E-state index contributed by atoms with van der Waals surface area (Å²) in [5.41, 5.74) is 4.65. The topological polar surface area (TPSA) is 59.1 Å². The predicted molar refractivity (Wildman–Crippen MR) is 86.0 cm³/mol. The molecule has 0 atom stereocenters. The van der Waals surface area contributed by atoms with Crippen LogP contribution >= 0.6 is 0 Å². The fourth-order valence-corrected chi connectivity index (χ4v) is 2.97. The molecule has 0 saturated carbocycles. The molecule has 1 aromatic carbocycles. The van der Waals surface area contributed by atoms with Gasteiger partial charge in [-0.2, -0.15) is 0 Å². The number of pyridine rings is 1. The molecule has 4 nitrogen and oxygen atoms in total. The Morgan fingerprint density at radius 1 is 1.13 bits per heavy atom. The Hall–Kier alpha value is -3.19. The second-order valence-electron chi connectivity index (χ2n) is 5.42. The molecule has 2 amide bonds. The van der Waals surface area contributed by atoms with Crippen LogP contribution in [-0.2, 0) is 16.0 Å². The van der Waals surface area contributed by atoms with Gasteiger partial charge in [-0.05, 0) is 23.6 Å². The van der Waals surface area contributed by atoms with Crippen LogP contribution in [0.25, 0.3) is 16.7 Å². The molecule has 1 aliphatic heterocycles. The lowest BCUT2D eigenvalue weighted by Gasteiger charge is -2.16. The van der Waals surface area contributed by atoms with Crippen LogP contribution in [0.4, 0.5) is 0 Å². The van der Waals surface area contributed by atoms with Gasteiger partial charge in [0.25, 0.3) is 11.8 Å².